The van der Waals surface area contributed by atoms with Gasteiger partial charge in [0.25, 0.3) is 5.56 Å². The summed E-state index contributed by atoms with van der Waals surface area (Å²) in [7, 11) is 0. The van der Waals surface area contributed by atoms with Crippen LogP contribution in [0, 0.1) is 0 Å². The summed E-state index contributed by atoms with van der Waals surface area (Å²) in [6.07, 6.45) is 0. The number of H-pyrrole nitrogens is 1. The van der Waals surface area contributed by atoms with Crippen LogP contribution in [-0.4, -0.2) is 58.9 Å². The highest BCUT2D eigenvalue weighted by Crippen LogP contribution is 2.18. The molecular formula is C16H16F2N4O4. The van der Waals surface area contributed by atoms with Crippen LogP contribution in [0.3, 0.4) is 0 Å². The van der Waals surface area contributed by atoms with Gasteiger partial charge in [-0.3, -0.25) is 14.4 Å². The molecule has 1 aliphatic heterocycles. The molecule has 138 valence electrons. The molecule has 1 aromatic heterocycles. The molecule has 2 amide bonds. The molecule has 2 aromatic rings. The van der Waals surface area contributed by atoms with Crippen LogP contribution in [-0.2, 0) is 20.9 Å². The Morgan fingerprint density at radius 2 is 1.96 bits per heavy atom. The number of nitrogens with one attached hydrogen (secondary N) is 2. The number of nitrogens with zero attached hydrogens (tertiary/aromatic N) is 2. The van der Waals surface area contributed by atoms with Gasteiger partial charge in [-0.05, 0) is 12.1 Å². The normalized spacial score (nSPS) is 15.1. The van der Waals surface area contributed by atoms with Crippen molar-refractivity contribution in [3.05, 3.63) is 40.4 Å². The van der Waals surface area contributed by atoms with Crippen molar-refractivity contribution >= 4 is 22.7 Å². The van der Waals surface area contributed by atoms with Gasteiger partial charge in [0, 0.05) is 13.1 Å². The summed E-state index contributed by atoms with van der Waals surface area (Å²) in [4.78, 5) is 43.0. The fraction of sp³-hybridized carbons (Fsp3) is 0.375. The van der Waals surface area contributed by atoms with Gasteiger partial charge in [-0.25, -0.2) is 4.98 Å². The Bertz CT molecular complexity index is 893. The molecule has 2 heterocycles. The average molecular weight is 366 g/mol. The number of rotatable bonds is 4. The predicted molar refractivity (Wildman–Crippen MR) is 86.6 cm³/mol. The Morgan fingerprint density at radius 3 is 2.69 bits per heavy atom. The SMILES string of the molecule is O=C(NCc1nc2ccccc2c(=O)[nH]1)C(F)(F)C(=O)N1CCOCC1. The highest BCUT2D eigenvalue weighted by molar-refractivity contribution is 6.06. The van der Waals surface area contributed by atoms with Crippen LogP contribution in [0.25, 0.3) is 10.9 Å². The van der Waals surface area contributed by atoms with E-state index in [1.54, 1.807) is 24.3 Å². The lowest BCUT2D eigenvalue weighted by molar-refractivity contribution is -0.170. The lowest BCUT2D eigenvalue weighted by Gasteiger charge is -2.29. The summed E-state index contributed by atoms with van der Waals surface area (Å²) >= 11 is 0. The molecule has 0 spiro atoms. The van der Waals surface area contributed by atoms with Crippen molar-refractivity contribution in [2.75, 3.05) is 26.3 Å². The third kappa shape index (κ3) is 3.54. The van der Waals surface area contributed by atoms with Gasteiger partial charge in [0.2, 0.25) is 0 Å². The van der Waals surface area contributed by atoms with E-state index in [9.17, 15) is 23.2 Å². The highest BCUT2D eigenvalue weighted by atomic mass is 19.3. The number of benzene rings is 1. The number of ether oxygens (including phenoxy) is 1. The second-order valence-electron chi connectivity index (χ2n) is 5.69. The number of amides is 2. The molecule has 0 unspecified atom stereocenters. The number of fused-ring (bicyclic) bond motifs is 1. The largest absolute Gasteiger partial charge is 0.400 e. The zero-order valence-corrected chi connectivity index (χ0v) is 13.6. The first-order chi connectivity index (χ1) is 12.4. The number of hydrogen-bond acceptors (Lipinski definition) is 5. The molecule has 1 aromatic carbocycles. The molecule has 2 N–H and O–H groups in total. The van der Waals surface area contributed by atoms with Crippen LogP contribution in [0.4, 0.5) is 8.78 Å². The van der Waals surface area contributed by atoms with Crippen LogP contribution in [0.5, 0.6) is 0 Å². The van der Waals surface area contributed by atoms with Crippen LogP contribution >= 0.6 is 0 Å². The van der Waals surface area contributed by atoms with E-state index in [0.717, 1.165) is 4.90 Å². The fourth-order valence-corrected chi connectivity index (χ4v) is 2.56. The Kier molecular flexibility index (Phi) is 4.94. The number of aromatic nitrogens is 2. The molecule has 0 aliphatic carbocycles. The van der Waals surface area contributed by atoms with Crippen LogP contribution in [0.1, 0.15) is 5.82 Å². The lowest BCUT2D eigenvalue weighted by Crippen LogP contribution is -2.55. The first-order valence-corrected chi connectivity index (χ1v) is 7.91. The molecule has 0 bridgehead atoms. The van der Waals surface area contributed by atoms with Crippen molar-refractivity contribution in [3.8, 4) is 0 Å². The second kappa shape index (κ2) is 7.16. The van der Waals surface area contributed by atoms with Gasteiger partial charge in [0.05, 0.1) is 30.7 Å². The van der Waals surface area contributed by atoms with Crippen molar-refractivity contribution in [3.63, 3.8) is 0 Å². The molecule has 0 radical (unpaired) electrons. The third-order valence-electron chi connectivity index (χ3n) is 3.93. The van der Waals surface area contributed by atoms with E-state index < -0.39 is 29.8 Å². The van der Waals surface area contributed by atoms with Gasteiger partial charge in [0.15, 0.2) is 0 Å². The number of para-hydroxylation sites is 1. The second-order valence-corrected chi connectivity index (χ2v) is 5.69. The van der Waals surface area contributed by atoms with E-state index in [1.165, 1.54) is 0 Å². The Hall–Kier alpha value is -2.88. The first kappa shape index (κ1) is 17.9. The van der Waals surface area contributed by atoms with Crippen molar-refractivity contribution in [2.45, 2.75) is 12.5 Å². The Morgan fingerprint density at radius 1 is 1.27 bits per heavy atom. The maximum atomic E-state index is 14.1. The third-order valence-corrected chi connectivity index (χ3v) is 3.93. The maximum absolute atomic E-state index is 14.1. The maximum Gasteiger partial charge on any atom is 0.400 e. The monoisotopic (exact) mass is 366 g/mol. The topological polar surface area (TPSA) is 104 Å². The number of halogens is 2. The van der Waals surface area contributed by atoms with Crippen molar-refractivity contribution in [1.29, 1.82) is 0 Å². The van der Waals surface area contributed by atoms with Gasteiger partial charge < -0.3 is 19.9 Å². The molecule has 0 atom stereocenters. The Labute approximate surface area is 146 Å². The summed E-state index contributed by atoms with van der Waals surface area (Å²) in [5.74, 6) is -7.52. The van der Waals surface area contributed by atoms with Crippen LogP contribution in [0.2, 0.25) is 0 Å². The zero-order chi connectivity index (χ0) is 18.7. The molecule has 3 rings (SSSR count). The lowest BCUT2D eigenvalue weighted by atomic mass is 10.2. The minimum Gasteiger partial charge on any atom is -0.378 e. The van der Waals surface area contributed by atoms with E-state index in [-0.39, 0.29) is 32.1 Å². The zero-order valence-electron chi connectivity index (χ0n) is 13.6. The van der Waals surface area contributed by atoms with Crippen molar-refractivity contribution < 1.29 is 23.1 Å². The van der Waals surface area contributed by atoms with Crippen LogP contribution < -0.4 is 10.9 Å². The van der Waals surface area contributed by atoms with Gasteiger partial charge in [-0.15, -0.1) is 0 Å². The number of morpholine rings is 1. The average Bonchev–Trinajstić information content (AvgIpc) is 2.66. The minimum absolute atomic E-state index is 0.00124. The summed E-state index contributed by atoms with van der Waals surface area (Å²) in [5.41, 5.74) is -0.0762. The summed E-state index contributed by atoms with van der Waals surface area (Å²) < 4.78 is 33.2. The molecule has 1 fully saturated rings. The van der Waals surface area contributed by atoms with Gasteiger partial charge in [0.1, 0.15) is 5.82 Å². The Balaban J connectivity index is 1.69. The quantitative estimate of drug-likeness (QED) is 0.743. The molecule has 0 saturated carbocycles. The molecule has 10 heteroatoms. The number of hydrogen-bond donors (Lipinski definition) is 2. The standard InChI is InChI=1S/C16H16F2N4O4/c17-16(18,15(25)22-5-7-26-8-6-22)14(24)19-9-12-20-11-4-2-1-3-10(11)13(23)21-12/h1-4H,5-9H2,(H,19,24)(H,20,21,23). The number of aromatic amines is 1. The minimum atomic E-state index is -4.21. The van der Waals surface area contributed by atoms with E-state index in [4.69, 9.17) is 4.74 Å². The smallest absolute Gasteiger partial charge is 0.378 e. The molecule has 1 aliphatic rings. The molecule has 1 saturated heterocycles. The van der Waals surface area contributed by atoms with E-state index >= 15 is 0 Å². The fourth-order valence-electron chi connectivity index (χ4n) is 2.56. The molecule has 26 heavy (non-hydrogen) atoms. The summed E-state index contributed by atoms with van der Waals surface area (Å²) in [6, 6.07) is 6.50. The molecular weight excluding hydrogens is 350 g/mol. The van der Waals surface area contributed by atoms with Gasteiger partial charge in [-0.2, -0.15) is 8.78 Å². The summed E-state index contributed by atoms with van der Waals surface area (Å²) in [6.45, 7) is -0.148. The number of carbonyl (C=O) groups excluding carboxylic acids is 2. The van der Waals surface area contributed by atoms with E-state index in [0.29, 0.717) is 10.9 Å². The van der Waals surface area contributed by atoms with E-state index in [1.807, 2.05) is 5.32 Å². The van der Waals surface area contributed by atoms with Gasteiger partial charge in [-0.1, -0.05) is 12.1 Å². The van der Waals surface area contributed by atoms with E-state index in [2.05, 4.69) is 9.97 Å². The van der Waals surface area contributed by atoms with Crippen molar-refractivity contribution in [1.82, 2.24) is 20.2 Å². The summed E-state index contributed by atoms with van der Waals surface area (Å²) in [5, 5.41) is 2.29. The van der Waals surface area contributed by atoms with Crippen molar-refractivity contribution in [2.24, 2.45) is 0 Å². The predicted octanol–water partition coefficient (Wildman–Crippen LogP) is 0.0334. The number of carbonyl (C=O) groups is 2. The van der Waals surface area contributed by atoms with Crippen LogP contribution in [0.15, 0.2) is 29.1 Å². The van der Waals surface area contributed by atoms with Gasteiger partial charge >= 0.3 is 17.7 Å². The molecule has 8 nitrogen and oxygen atoms in total. The number of alkyl halides is 2. The first-order valence-electron chi connectivity index (χ1n) is 7.91. The highest BCUT2D eigenvalue weighted by Gasteiger charge is 2.49.